The van der Waals surface area contributed by atoms with E-state index in [0.717, 1.165) is 25.2 Å². The minimum absolute atomic E-state index is 0.179. The number of hydrogen-bond acceptors (Lipinski definition) is 5. The van der Waals surface area contributed by atoms with Gasteiger partial charge in [-0.25, -0.2) is 13.1 Å². The molecule has 0 bridgehead atoms. The van der Waals surface area contributed by atoms with E-state index in [1.807, 2.05) is 12.1 Å². The molecule has 0 spiro atoms. The molecular weight excluding hydrogens is 376 g/mol. The fraction of sp³-hybridized carbons (Fsp3) is 0.429. The summed E-state index contributed by atoms with van der Waals surface area (Å²) in [6, 6.07) is 12.8. The zero-order chi connectivity index (χ0) is 19.4. The SMILES string of the molecule is O=S(=O)(NCc1ccc(CN2CCCCC2)cc1)c1ccc2c(c1)OCCO2. The first kappa shape index (κ1) is 19.2. The third kappa shape index (κ3) is 4.66. The Balaban J connectivity index is 1.36. The van der Waals surface area contributed by atoms with Crippen molar-refractivity contribution in [2.75, 3.05) is 26.3 Å². The van der Waals surface area contributed by atoms with Crippen LogP contribution in [0, 0.1) is 0 Å². The van der Waals surface area contributed by atoms with Crippen LogP contribution < -0.4 is 14.2 Å². The summed E-state index contributed by atoms with van der Waals surface area (Å²) in [5, 5.41) is 0. The summed E-state index contributed by atoms with van der Waals surface area (Å²) in [4.78, 5) is 2.65. The molecule has 7 heteroatoms. The van der Waals surface area contributed by atoms with Crippen LogP contribution in [0.4, 0.5) is 0 Å². The maximum atomic E-state index is 12.6. The molecule has 0 aromatic heterocycles. The normalized spacial score (nSPS) is 17.4. The van der Waals surface area contributed by atoms with Gasteiger partial charge in [0.25, 0.3) is 0 Å². The Morgan fingerprint density at radius 1 is 0.857 bits per heavy atom. The molecule has 1 N–H and O–H groups in total. The van der Waals surface area contributed by atoms with Gasteiger partial charge in [-0.1, -0.05) is 30.7 Å². The lowest BCUT2D eigenvalue weighted by molar-refractivity contribution is 0.171. The molecule has 28 heavy (non-hydrogen) atoms. The van der Waals surface area contributed by atoms with Crippen molar-refractivity contribution in [3.05, 3.63) is 53.6 Å². The van der Waals surface area contributed by atoms with Gasteiger partial charge < -0.3 is 9.47 Å². The molecule has 6 nitrogen and oxygen atoms in total. The van der Waals surface area contributed by atoms with Crippen molar-refractivity contribution in [3.63, 3.8) is 0 Å². The molecule has 1 fully saturated rings. The zero-order valence-corrected chi connectivity index (χ0v) is 16.7. The summed E-state index contributed by atoms with van der Waals surface area (Å²) < 4.78 is 38.8. The van der Waals surface area contributed by atoms with E-state index in [2.05, 4.69) is 21.8 Å². The quantitative estimate of drug-likeness (QED) is 0.805. The van der Waals surface area contributed by atoms with Crippen LogP contribution in [-0.4, -0.2) is 39.6 Å². The number of hydrogen-bond donors (Lipinski definition) is 1. The Morgan fingerprint density at radius 2 is 1.54 bits per heavy atom. The molecule has 2 aliphatic heterocycles. The number of fused-ring (bicyclic) bond motifs is 1. The van der Waals surface area contributed by atoms with Crippen LogP contribution in [0.5, 0.6) is 11.5 Å². The van der Waals surface area contributed by atoms with Crippen LogP contribution in [-0.2, 0) is 23.1 Å². The van der Waals surface area contributed by atoms with Gasteiger partial charge in [-0.15, -0.1) is 0 Å². The summed E-state index contributed by atoms with van der Waals surface area (Å²) in [5.41, 5.74) is 2.20. The van der Waals surface area contributed by atoms with E-state index in [1.54, 1.807) is 6.07 Å². The summed E-state index contributed by atoms with van der Waals surface area (Å²) in [6.45, 7) is 4.44. The van der Waals surface area contributed by atoms with Crippen LogP contribution in [0.15, 0.2) is 47.4 Å². The lowest BCUT2D eigenvalue weighted by Crippen LogP contribution is -2.29. The van der Waals surface area contributed by atoms with E-state index < -0.39 is 10.0 Å². The average molecular weight is 403 g/mol. The highest BCUT2D eigenvalue weighted by Gasteiger charge is 2.19. The van der Waals surface area contributed by atoms with E-state index in [1.165, 1.54) is 37.0 Å². The van der Waals surface area contributed by atoms with Crippen molar-refractivity contribution < 1.29 is 17.9 Å². The van der Waals surface area contributed by atoms with Crippen molar-refractivity contribution in [1.29, 1.82) is 0 Å². The second-order valence-electron chi connectivity index (χ2n) is 7.28. The summed E-state index contributed by atoms with van der Waals surface area (Å²) in [7, 11) is -3.62. The Labute approximate surface area is 166 Å². The number of ether oxygens (including phenoxy) is 2. The highest BCUT2D eigenvalue weighted by molar-refractivity contribution is 7.89. The second-order valence-corrected chi connectivity index (χ2v) is 9.05. The van der Waals surface area contributed by atoms with E-state index in [9.17, 15) is 8.42 Å². The summed E-state index contributed by atoms with van der Waals surface area (Å²) in [5.74, 6) is 1.05. The molecule has 0 unspecified atom stereocenters. The van der Waals surface area contributed by atoms with E-state index in [0.29, 0.717) is 24.7 Å². The monoisotopic (exact) mass is 402 g/mol. The number of likely N-dealkylation sites (tertiary alicyclic amines) is 1. The van der Waals surface area contributed by atoms with E-state index >= 15 is 0 Å². The smallest absolute Gasteiger partial charge is 0.241 e. The number of benzene rings is 2. The first-order valence-electron chi connectivity index (χ1n) is 9.80. The number of nitrogens with zero attached hydrogens (tertiary/aromatic N) is 1. The third-order valence-electron chi connectivity index (χ3n) is 5.17. The first-order valence-corrected chi connectivity index (χ1v) is 11.3. The van der Waals surface area contributed by atoms with Gasteiger partial charge in [-0.3, -0.25) is 4.90 Å². The van der Waals surface area contributed by atoms with Gasteiger partial charge >= 0.3 is 0 Å². The second kappa shape index (κ2) is 8.51. The average Bonchev–Trinajstić information content (AvgIpc) is 2.74. The molecule has 4 rings (SSSR count). The molecular formula is C21H26N2O4S. The van der Waals surface area contributed by atoms with Gasteiger partial charge in [0, 0.05) is 19.2 Å². The van der Waals surface area contributed by atoms with Gasteiger partial charge in [0.15, 0.2) is 11.5 Å². The fourth-order valence-electron chi connectivity index (χ4n) is 3.59. The van der Waals surface area contributed by atoms with Crippen LogP contribution in [0.3, 0.4) is 0 Å². The predicted molar refractivity (Wildman–Crippen MR) is 107 cm³/mol. The lowest BCUT2D eigenvalue weighted by Gasteiger charge is -2.26. The standard InChI is InChI=1S/C21H26N2O4S/c24-28(25,19-8-9-20-21(14-19)27-13-12-26-20)22-15-17-4-6-18(7-5-17)16-23-10-2-1-3-11-23/h4-9,14,22H,1-3,10-13,15-16H2. The molecule has 1 saturated heterocycles. The Kier molecular flexibility index (Phi) is 5.85. The molecule has 0 radical (unpaired) electrons. The Bertz CT molecular complexity index is 907. The number of sulfonamides is 1. The highest BCUT2D eigenvalue weighted by Crippen LogP contribution is 2.32. The lowest BCUT2D eigenvalue weighted by atomic mass is 10.1. The van der Waals surface area contributed by atoms with Gasteiger partial charge in [0.1, 0.15) is 13.2 Å². The molecule has 0 amide bonds. The van der Waals surface area contributed by atoms with Gasteiger partial charge in [0.2, 0.25) is 10.0 Å². The third-order valence-corrected chi connectivity index (χ3v) is 6.57. The molecule has 2 heterocycles. The van der Waals surface area contributed by atoms with Gasteiger partial charge in [-0.05, 0) is 49.2 Å². The zero-order valence-electron chi connectivity index (χ0n) is 15.9. The minimum Gasteiger partial charge on any atom is -0.486 e. The number of rotatable bonds is 6. The van der Waals surface area contributed by atoms with Gasteiger partial charge in [-0.2, -0.15) is 0 Å². The molecule has 0 saturated carbocycles. The van der Waals surface area contributed by atoms with E-state index in [-0.39, 0.29) is 11.4 Å². The molecule has 2 aromatic carbocycles. The molecule has 0 aliphatic carbocycles. The summed E-state index contributed by atoms with van der Waals surface area (Å²) in [6.07, 6.45) is 3.89. The van der Waals surface area contributed by atoms with Crippen molar-refractivity contribution in [2.24, 2.45) is 0 Å². The molecule has 2 aromatic rings. The maximum absolute atomic E-state index is 12.6. The van der Waals surface area contributed by atoms with Crippen molar-refractivity contribution in [3.8, 4) is 11.5 Å². The molecule has 0 atom stereocenters. The maximum Gasteiger partial charge on any atom is 0.241 e. The van der Waals surface area contributed by atoms with Crippen molar-refractivity contribution in [2.45, 2.75) is 37.2 Å². The van der Waals surface area contributed by atoms with Crippen LogP contribution in [0.1, 0.15) is 30.4 Å². The van der Waals surface area contributed by atoms with Crippen LogP contribution >= 0.6 is 0 Å². The largest absolute Gasteiger partial charge is 0.486 e. The Morgan fingerprint density at radius 3 is 2.29 bits per heavy atom. The fourth-order valence-corrected chi connectivity index (χ4v) is 4.62. The van der Waals surface area contributed by atoms with E-state index in [4.69, 9.17) is 9.47 Å². The van der Waals surface area contributed by atoms with Gasteiger partial charge in [0.05, 0.1) is 4.90 Å². The van der Waals surface area contributed by atoms with Crippen LogP contribution in [0.25, 0.3) is 0 Å². The number of piperidine rings is 1. The Hall–Kier alpha value is -2.09. The summed E-state index contributed by atoms with van der Waals surface area (Å²) >= 11 is 0. The van der Waals surface area contributed by atoms with Crippen LogP contribution in [0.2, 0.25) is 0 Å². The number of nitrogens with one attached hydrogen (secondary N) is 1. The van der Waals surface area contributed by atoms with Crippen molar-refractivity contribution >= 4 is 10.0 Å². The minimum atomic E-state index is -3.62. The first-order chi connectivity index (χ1) is 13.6. The molecule has 2 aliphatic rings. The highest BCUT2D eigenvalue weighted by atomic mass is 32.2. The van der Waals surface area contributed by atoms with Crippen molar-refractivity contribution in [1.82, 2.24) is 9.62 Å². The molecule has 150 valence electrons. The predicted octanol–water partition coefficient (Wildman–Crippen LogP) is 2.92. The topological polar surface area (TPSA) is 67.9 Å².